The lowest BCUT2D eigenvalue weighted by atomic mass is 9.99. The predicted molar refractivity (Wildman–Crippen MR) is 109 cm³/mol. The fraction of sp³-hybridized carbons (Fsp3) is 0.545. The van der Waals surface area contributed by atoms with Crippen LogP contribution in [-0.2, 0) is 28.9 Å². The molecule has 0 bridgehead atoms. The number of amides is 1. The Morgan fingerprint density at radius 2 is 2.11 bits per heavy atom. The number of aromatic nitrogens is 2. The minimum Gasteiger partial charge on any atom is -0.383 e. The average Bonchev–Trinajstić information content (AvgIpc) is 3.03. The van der Waals surface area contributed by atoms with Gasteiger partial charge in [-0.25, -0.2) is 0 Å². The summed E-state index contributed by atoms with van der Waals surface area (Å²) in [5.74, 6) is 0.0136. The number of nitrogens with zero attached hydrogens (tertiary/aromatic N) is 3. The zero-order chi connectivity index (χ0) is 20.3. The molecule has 0 radical (unpaired) electrons. The standard InChI is InChI=1S/C22H31N3O3/c1-15-8-6-7-9-18(15)10-11-24(4)22(26)21-19-14-16(2)28-17(3)20(19)23-25(21)12-13-27-5/h6-9,16-17H,10-14H2,1-5H3/t16-,17+/m0/s1. The Hall–Kier alpha value is -2.18. The van der Waals surface area contributed by atoms with Crippen molar-refractivity contribution in [3.63, 3.8) is 0 Å². The normalized spacial score (nSPS) is 18.8. The Kier molecular flexibility index (Phi) is 6.52. The molecule has 0 unspecified atom stereocenters. The molecule has 28 heavy (non-hydrogen) atoms. The maximum absolute atomic E-state index is 13.4. The maximum Gasteiger partial charge on any atom is 0.272 e. The number of carbonyl (C=O) groups excluding carboxylic acids is 1. The minimum absolute atomic E-state index is 0.0136. The van der Waals surface area contributed by atoms with Crippen LogP contribution in [0.4, 0.5) is 0 Å². The quantitative estimate of drug-likeness (QED) is 0.735. The highest BCUT2D eigenvalue weighted by Crippen LogP contribution is 2.32. The van der Waals surface area contributed by atoms with Crippen molar-refractivity contribution < 1.29 is 14.3 Å². The van der Waals surface area contributed by atoms with Gasteiger partial charge in [0, 0.05) is 32.7 Å². The summed E-state index contributed by atoms with van der Waals surface area (Å²) >= 11 is 0. The highest BCUT2D eigenvalue weighted by atomic mass is 16.5. The summed E-state index contributed by atoms with van der Waals surface area (Å²) < 4.78 is 12.9. The van der Waals surface area contributed by atoms with Crippen molar-refractivity contribution in [1.29, 1.82) is 0 Å². The van der Waals surface area contributed by atoms with E-state index in [-0.39, 0.29) is 18.1 Å². The number of hydrogen-bond donors (Lipinski definition) is 0. The molecule has 0 fully saturated rings. The molecule has 152 valence electrons. The molecule has 1 aromatic carbocycles. The van der Waals surface area contributed by atoms with Crippen LogP contribution in [-0.4, -0.2) is 54.0 Å². The second kappa shape index (κ2) is 8.88. The predicted octanol–water partition coefficient (Wildman–Crippen LogP) is 3.17. The number of likely N-dealkylation sites (N-methyl/N-ethyl adjacent to an activating group) is 1. The summed E-state index contributed by atoms with van der Waals surface area (Å²) in [6, 6.07) is 8.32. The molecule has 2 aromatic rings. The number of fused-ring (bicyclic) bond motifs is 1. The molecular weight excluding hydrogens is 354 g/mol. The van der Waals surface area contributed by atoms with Crippen molar-refractivity contribution in [2.75, 3.05) is 27.3 Å². The van der Waals surface area contributed by atoms with Gasteiger partial charge in [0.1, 0.15) is 5.69 Å². The van der Waals surface area contributed by atoms with E-state index in [4.69, 9.17) is 14.6 Å². The molecule has 2 heterocycles. The van der Waals surface area contributed by atoms with E-state index >= 15 is 0 Å². The van der Waals surface area contributed by atoms with Crippen molar-refractivity contribution in [1.82, 2.24) is 14.7 Å². The number of ether oxygens (including phenoxy) is 2. The third-order valence-corrected chi connectivity index (χ3v) is 5.43. The number of methoxy groups -OCH3 is 1. The highest BCUT2D eigenvalue weighted by molar-refractivity contribution is 5.94. The smallest absolute Gasteiger partial charge is 0.272 e. The number of aryl methyl sites for hydroxylation is 1. The van der Waals surface area contributed by atoms with Gasteiger partial charge >= 0.3 is 0 Å². The topological polar surface area (TPSA) is 56.6 Å². The fourth-order valence-corrected chi connectivity index (χ4v) is 3.83. The summed E-state index contributed by atoms with van der Waals surface area (Å²) in [5, 5.41) is 4.70. The molecule has 0 aliphatic carbocycles. The van der Waals surface area contributed by atoms with Crippen molar-refractivity contribution in [2.24, 2.45) is 0 Å². The molecule has 2 atom stereocenters. The van der Waals surface area contributed by atoms with Crippen LogP contribution >= 0.6 is 0 Å². The summed E-state index contributed by atoms with van der Waals surface area (Å²) in [6.45, 7) is 7.88. The molecule has 1 aliphatic heterocycles. The van der Waals surface area contributed by atoms with Crippen LogP contribution in [0, 0.1) is 6.92 Å². The van der Waals surface area contributed by atoms with Crippen LogP contribution < -0.4 is 0 Å². The van der Waals surface area contributed by atoms with Crippen molar-refractivity contribution in [3.8, 4) is 0 Å². The van der Waals surface area contributed by atoms with E-state index in [2.05, 4.69) is 19.1 Å². The Morgan fingerprint density at radius 3 is 2.82 bits per heavy atom. The van der Waals surface area contributed by atoms with Crippen molar-refractivity contribution in [3.05, 3.63) is 52.3 Å². The van der Waals surface area contributed by atoms with Crippen LogP contribution in [0.1, 0.15) is 52.8 Å². The van der Waals surface area contributed by atoms with Gasteiger partial charge in [-0.3, -0.25) is 9.48 Å². The molecule has 3 rings (SSSR count). The van der Waals surface area contributed by atoms with E-state index in [0.29, 0.717) is 31.8 Å². The molecule has 6 nitrogen and oxygen atoms in total. The summed E-state index contributed by atoms with van der Waals surface area (Å²) in [7, 11) is 3.53. The lowest BCUT2D eigenvalue weighted by Gasteiger charge is -2.25. The van der Waals surface area contributed by atoms with Crippen LogP contribution in [0.2, 0.25) is 0 Å². The molecule has 1 aromatic heterocycles. The van der Waals surface area contributed by atoms with E-state index in [9.17, 15) is 4.79 Å². The zero-order valence-electron chi connectivity index (χ0n) is 17.6. The lowest BCUT2D eigenvalue weighted by molar-refractivity contribution is -0.00719. The number of hydrogen-bond acceptors (Lipinski definition) is 4. The van der Waals surface area contributed by atoms with Crippen LogP contribution in [0.25, 0.3) is 0 Å². The molecule has 0 N–H and O–H groups in total. The molecule has 1 amide bonds. The Labute approximate surface area is 167 Å². The van der Waals surface area contributed by atoms with E-state index in [1.807, 2.05) is 33.0 Å². The van der Waals surface area contributed by atoms with Gasteiger partial charge in [-0.15, -0.1) is 0 Å². The number of carbonyl (C=O) groups is 1. The van der Waals surface area contributed by atoms with E-state index in [0.717, 1.165) is 17.7 Å². The molecule has 1 aliphatic rings. The van der Waals surface area contributed by atoms with Gasteiger partial charge in [0.2, 0.25) is 0 Å². The Balaban J connectivity index is 1.84. The first kappa shape index (κ1) is 20.6. The van der Waals surface area contributed by atoms with Gasteiger partial charge in [0.25, 0.3) is 5.91 Å². The largest absolute Gasteiger partial charge is 0.383 e. The first-order chi connectivity index (χ1) is 13.4. The molecular formula is C22H31N3O3. The number of benzene rings is 1. The first-order valence-electron chi connectivity index (χ1n) is 9.96. The minimum atomic E-state index is -0.105. The summed E-state index contributed by atoms with van der Waals surface area (Å²) in [4.78, 5) is 15.2. The third kappa shape index (κ3) is 4.28. The maximum atomic E-state index is 13.4. The van der Waals surface area contributed by atoms with E-state index in [1.165, 1.54) is 11.1 Å². The molecule has 0 saturated carbocycles. The van der Waals surface area contributed by atoms with Gasteiger partial charge in [-0.1, -0.05) is 24.3 Å². The molecule has 0 saturated heterocycles. The van der Waals surface area contributed by atoms with Crippen LogP contribution in [0.5, 0.6) is 0 Å². The van der Waals surface area contributed by atoms with Crippen molar-refractivity contribution >= 4 is 5.91 Å². The van der Waals surface area contributed by atoms with E-state index in [1.54, 1.807) is 16.7 Å². The molecule has 0 spiro atoms. The average molecular weight is 386 g/mol. The van der Waals surface area contributed by atoms with Gasteiger partial charge in [-0.2, -0.15) is 5.10 Å². The third-order valence-electron chi connectivity index (χ3n) is 5.43. The fourth-order valence-electron chi connectivity index (χ4n) is 3.83. The second-order valence-electron chi connectivity index (χ2n) is 7.62. The second-order valence-corrected chi connectivity index (χ2v) is 7.62. The number of rotatable bonds is 7. The Morgan fingerprint density at radius 1 is 1.36 bits per heavy atom. The van der Waals surface area contributed by atoms with Gasteiger partial charge < -0.3 is 14.4 Å². The van der Waals surface area contributed by atoms with Gasteiger partial charge in [0.05, 0.1) is 31.1 Å². The zero-order valence-corrected chi connectivity index (χ0v) is 17.6. The van der Waals surface area contributed by atoms with Gasteiger partial charge in [-0.05, 0) is 38.3 Å². The lowest BCUT2D eigenvalue weighted by Crippen LogP contribution is -2.33. The Bertz CT molecular complexity index is 830. The van der Waals surface area contributed by atoms with Crippen LogP contribution in [0.15, 0.2) is 24.3 Å². The summed E-state index contributed by atoms with van der Waals surface area (Å²) in [5.41, 5.74) is 5.11. The summed E-state index contributed by atoms with van der Waals surface area (Å²) in [6.07, 6.45) is 1.51. The highest BCUT2D eigenvalue weighted by Gasteiger charge is 2.33. The van der Waals surface area contributed by atoms with E-state index < -0.39 is 0 Å². The van der Waals surface area contributed by atoms with Gasteiger partial charge in [0.15, 0.2) is 0 Å². The van der Waals surface area contributed by atoms with Crippen LogP contribution in [0.3, 0.4) is 0 Å². The monoisotopic (exact) mass is 385 g/mol. The van der Waals surface area contributed by atoms with Crippen molar-refractivity contribution in [2.45, 2.75) is 52.4 Å². The first-order valence-corrected chi connectivity index (χ1v) is 9.96. The SMILES string of the molecule is COCCn1nc2c(c1C(=O)N(C)CCc1ccccc1C)C[C@H](C)O[C@@H]2C. The molecule has 6 heteroatoms.